The van der Waals surface area contributed by atoms with Crippen molar-refractivity contribution in [2.45, 2.75) is 58.2 Å². The van der Waals surface area contributed by atoms with Crippen molar-refractivity contribution in [1.29, 1.82) is 0 Å². The maximum Gasteiger partial charge on any atom is 0.410 e. The topological polar surface area (TPSA) is 57.4 Å². The molecule has 2 N–H and O–H groups in total. The lowest BCUT2D eigenvalue weighted by Gasteiger charge is -2.40. The molecule has 0 saturated carbocycles. The Morgan fingerprint density at radius 2 is 2.00 bits per heavy atom. The van der Waals surface area contributed by atoms with Crippen LogP contribution in [-0.4, -0.2) is 40.2 Å². The lowest BCUT2D eigenvalue weighted by molar-refractivity contribution is 0.0157. The van der Waals surface area contributed by atoms with Gasteiger partial charge in [-0.3, -0.25) is 0 Å². The molecular formula is C20H29N3O2. The SMILES string of the molecule is CC1(NCc2cccc3[nH]ccc23)CCN(C(=O)OC(C)(C)C)CC1. The number of rotatable bonds is 3. The van der Waals surface area contributed by atoms with Gasteiger partial charge in [0.15, 0.2) is 0 Å². The van der Waals surface area contributed by atoms with Crippen molar-refractivity contribution in [3.8, 4) is 0 Å². The van der Waals surface area contributed by atoms with Crippen molar-refractivity contribution in [3.05, 3.63) is 36.0 Å². The smallest absolute Gasteiger partial charge is 0.410 e. The summed E-state index contributed by atoms with van der Waals surface area (Å²) in [4.78, 5) is 17.3. The molecule has 1 aliphatic heterocycles. The van der Waals surface area contributed by atoms with Crippen LogP contribution in [0.5, 0.6) is 0 Å². The van der Waals surface area contributed by atoms with E-state index in [-0.39, 0.29) is 11.6 Å². The zero-order valence-electron chi connectivity index (χ0n) is 15.7. The van der Waals surface area contributed by atoms with E-state index in [2.05, 4.69) is 41.5 Å². The standard InChI is InChI=1S/C20H29N3O2/c1-19(2,3)25-18(24)23-12-9-20(4,10-13-23)22-14-15-6-5-7-17-16(15)8-11-21-17/h5-8,11,21-22H,9-10,12-14H2,1-4H3. The minimum atomic E-state index is -0.439. The number of fused-ring (bicyclic) bond motifs is 1. The van der Waals surface area contributed by atoms with E-state index in [1.165, 1.54) is 16.5 Å². The number of hydrogen-bond acceptors (Lipinski definition) is 3. The molecule has 2 heterocycles. The Labute approximate surface area is 149 Å². The third-order valence-corrected chi connectivity index (χ3v) is 4.91. The third-order valence-electron chi connectivity index (χ3n) is 4.91. The van der Waals surface area contributed by atoms with Crippen LogP contribution in [0.4, 0.5) is 4.79 Å². The molecule has 0 radical (unpaired) electrons. The van der Waals surface area contributed by atoms with Crippen LogP contribution >= 0.6 is 0 Å². The molecule has 1 saturated heterocycles. The summed E-state index contributed by atoms with van der Waals surface area (Å²) < 4.78 is 5.48. The minimum Gasteiger partial charge on any atom is -0.444 e. The summed E-state index contributed by atoms with van der Waals surface area (Å²) in [5.74, 6) is 0. The first-order valence-electron chi connectivity index (χ1n) is 9.04. The molecule has 5 heteroatoms. The second-order valence-corrected chi connectivity index (χ2v) is 8.24. The highest BCUT2D eigenvalue weighted by Gasteiger charge is 2.33. The molecule has 25 heavy (non-hydrogen) atoms. The van der Waals surface area contributed by atoms with Crippen LogP contribution in [0.15, 0.2) is 30.5 Å². The maximum absolute atomic E-state index is 12.2. The number of amides is 1. The van der Waals surface area contributed by atoms with E-state index in [0.717, 1.165) is 32.5 Å². The Morgan fingerprint density at radius 3 is 2.68 bits per heavy atom. The number of hydrogen-bond donors (Lipinski definition) is 2. The fourth-order valence-electron chi connectivity index (χ4n) is 3.30. The van der Waals surface area contributed by atoms with Gasteiger partial charge in [-0.1, -0.05) is 12.1 Å². The summed E-state index contributed by atoms with van der Waals surface area (Å²) in [6.45, 7) is 10.3. The van der Waals surface area contributed by atoms with E-state index in [4.69, 9.17) is 4.74 Å². The normalized spacial score (nSPS) is 17.7. The molecule has 1 aromatic heterocycles. The van der Waals surface area contributed by atoms with Crippen molar-refractivity contribution in [3.63, 3.8) is 0 Å². The van der Waals surface area contributed by atoms with Gasteiger partial charge in [0, 0.05) is 42.3 Å². The Bertz CT molecular complexity index is 737. The molecule has 3 rings (SSSR count). The van der Waals surface area contributed by atoms with Crippen LogP contribution in [0, 0.1) is 0 Å². The maximum atomic E-state index is 12.2. The number of piperidine rings is 1. The molecule has 2 aromatic rings. The van der Waals surface area contributed by atoms with E-state index in [1.807, 2.05) is 31.9 Å². The molecule has 0 atom stereocenters. The highest BCUT2D eigenvalue weighted by molar-refractivity contribution is 5.82. The average molecular weight is 343 g/mol. The van der Waals surface area contributed by atoms with Gasteiger partial charge >= 0.3 is 6.09 Å². The summed E-state index contributed by atoms with van der Waals surface area (Å²) in [6.07, 6.45) is 3.63. The van der Waals surface area contributed by atoms with E-state index >= 15 is 0 Å². The second kappa shape index (κ2) is 6.71. The van der Waals surface area contributed by atoms with Gasteiger partial charge in [-0.05, 0) is 58.2 Å². The zero-order valence-corrected chi connectivity index (χ0v) is 15.7. The van der Waals surface area contributed by atoms with E-state index < -0.39 is 5.60 Å². The van der Waals surface area contributed by atoms with Crippen LogP contribution in [-0.2, 0) is 11.3 Å². The van der Waals surface area contributed by atoms with Crippen molar-refractivity contribution in [2.24, 2.45) is 0 Å². The van der Waals surface area contributed by atoms with Crippen LogP contribution in [0.25, 0.3) is 10.9 Å². The lowest BCUT2D eigenvalue weighted by Crippen LogP contribution is -2.53. The fourth-order valence-corrected chi connectivity index (χ4v) is 3.30. The number of nitrogens with zero attached hydrogens (tertiary/aromatic N) is 1. The van der Waals surface area contributed by atoms with Crippen molar-refractivity contribution < 1.29 is 9.53 Å². The number of ether oxygens (including phenoxy) is 1. The number of nitrogens with one attached hydrogen (secondary N) is 2. The zero-order chi connectivity index (χ0) is 18.1. The van der Waals surface area contributed by atoms with Gasteiger partial charge in [0.25, 0.3) is 0 Å². The van der Waals surface area contributed by atoms with Gasteiger partial charge in [0.2, 0.25) is 0 Å². The van der Waals surface area contributed by atoms with Crippen molar-refractivity contribution in [2.75, 3.05) is 13.1 Å². The van der Waals surface area contributed by atoms with E-state index in [0.29, 0.717) is 0 Å². The van der Waals surface area contributed by atoms with Gasteiger partial charge in [-0.25, -0.2) is 4.79 Å². The summed E-state index contributed by atoms with van der Waals surface area (Å²) in [7, 11) is 0. The fraction of sp³-hybridized carbons (Fsp3) is 0.550. The molecular weight excluding hydrogens is 314 g/mol. The number of aromatic amines is 1. The van der Waals surface area contributed by atoms with Crippen molar-refractivity contribution >= 4 is 17.0 Å². The van der Waals surface area contributed by atoms with Crippen LogP contribution in [0.2, 0.25) is 0 Å². The Hall–Kier alpha value is -2.01. The summed E-state index contributed by atoms with van der Waals surface area (Å²) in [6, 6.07) is 8.48. The first-order chi connectivity index (χ1) is 11.8. The molecule has 1 aliphatic rings. The third kappa shape index (κ3) is 4.34. The second-order valence-electron chi connectivity index (χ2n) is 8.24. The Balaban J connectivity index is 1.56. The number of aromatic nitrogens is 1. The lowest BCUT2D eigenvalue weighted by atomic mass is 9.89. The number of H-pyrrole nitrogens is 1. The van der Waals surface area contributed by atoms with Crippen LogP contribution < -0.4 is 5.32 Å². The van der Waals surface area contributed by atoms with Gasteiger partial charge in [-0.15, -0.1) is 0 Å². The molecule has 0 aliphatic carbocycles. The Kier molecular flexibility index (Phi) is 4.78. The molecule has 0 bridgehead atoms. The molecule has 136 valence electrons. The number of carbonyl (C=O) groups excluding carboxylic acids is 1. The van der Waals surface area contributed by atoms with Gasteiger partial charge in [0.05, 0.1) is 0 Å². The highest BCUT2D eigenvalue weighted by Crippen LogP contribution is 2.25. The molecule has 1 amide bonds. The largest absolute Gasteiger partial charge is 0.444 e. The van der Waals surface area contributed by atoms with Crippen LogP contribution in [0.1, 0.15) is 46.1 Å². The monoisotopic (exact) mass is 343 g/mol. The number of benzene rings is 1. The molecule has 5 nitrogen and oxygen atoms in total. The molecule has 0 spiro atoms. The summed E-state index contributed by atoms with van der Waals surface area (Å²) in [5.41, 5.74) is 2.07. The minimum absolute atomic E-state index is 0.0387. The number of likely N-dealkylation sites (tertiary alicyclic amines) is 1. The van der Waals surface area contributed by atoms with Gasteiger partial charge in [-0.2, -0.15) is 0 Å². The Morgan fingerprint density at radius 1 is 1.28 bits per heavy atom. The predicted molar refractivity (Wildman–Crippen MR) is 101 cm³/mol. The molecule has 1 aromatic carbocycles. The summed E-state index contributed by atoms with van der Waals surface area (Å²) >= 11 is 0. The number of carbonyl (C=O) groups is 1. The highest BCUT2D eigenvalue weighted by atomic mass is 16.6. The first kappa shape index (κ1) is 17.8. The van der Waals surface area contributed by atoms with Gasteiger partial charge < -0.3 is 19.9 Å². The van der Waals surface area contributed by atoms with E-state index in [1.54, 1.807) is 0 Å². The van der Waals surface area contributed by atoms with Gasteiger partial charge in [0.1, 0.15) is 5.60 Å². The average Bonchev–Trinajstić information content (AvgIpc) is 3.01. The molecule has 1 fully saturated rings. The van der Waals surface area contributed by atoms with E-state index in [9.17, 15) is 4.79 Å². The first-order valence-corrected chi connectivity index (χ1v) is 9.04. The van der Waals surface area contributed by atoms with Crippen LogP contribution in [0.3, 0.4) is 0 Å². The van der Waals surface area contributed by atoms with Crippen molar-refractivity contribution in [1.82, 2.24) is 15.2 Å². The predicted octanol–water partition coefficient (Wildman–Crippen LogP) is 4.05. The summed E-state index contributed by atoms with van der Waals surface area (Å²) in [5, 5.41) is 4.98. The molecule has 0 unspecified atom stereocenters. The quantitative estimate of drug-likeness (QED) is 0.884.